The van der Waals surface area contributed by atoms with E-state index in [2.05, 4.69) is 10.0 Å². The monoisotopic (exact) mass is 428 g/mol. The summed E-state index contributed by atoms with van der Waals surface area (Å²) in [4.78, 5) is 11.3. The van der Waals surface area contributed by atoms with Gasteiger partial charge in [0, 0.05) is 19.6 Å². The molecular formula is C16H20ClF3N2O4S. The van der Waals surface area contributed by atoms with Crippen molar-refractivity contribution < 1.29 is 31.1 Å². The first-order chi connectivity index (χ1) is 12.5. The smallest absolute Gasteiger partial charge is 0.376 e. The second-order valence-electron chi connectivity index (χ2n) is 6.19. The van der Waals surface area contributed by atoms with Crippen LogP contribution in [-0.2, 0) is 25.7 Å². The van der Waals surface area contributed by atoms with Gasteiger partial charge in [0.25, 0.3) is 0 Å². The molecule has 0 saturated carbocycles. The van der Waals surface area contributed by atoms with Crippen LogP contribution in [0.25, 0.3) is 0 Å². The normalized spacial score (nSPS) is 19.1. The highest BCUT2D eigenvalue weighted by atomic mass is 35.5. The molecule has 11 heteroatoms. The van der Waals surface area contributed by atoms with Crippen molar-refractivity contribution in [2.24, 2.45) is 0 Å². The SMILES string of the molecule is CC(NC(=O)CCNS(=O)(=O)c1ccc(Cl)c(C(F)(F)F)c1)C1CCCO1. The molecule has 0 spiro atoms. The molecule has 1 heterocycles. The Hall–Kier alpha value is -1.36. The molecule has 6 nitrogen and oxygen atoms in total. The average Bonchev–Trinajstić information content (AvgIpc) is 3.08. The number of rotatable bonds is 7. The molecule has 1 aromatic rings. The van der Waals surface area contributed by atoms with Crippen LogP contribution in [-0.4, -0.2) is 39.6 Å². The molecule has 1 aliphatic rings. The Labute approximate surface area is 160 Å². The van der Waals surface area contributed by atoms with Crippen LogP contribution in [0, 0.1) is 0 Å². The zero-order valence-corrected chi connectivity index (χ0v) is 16.0. The van der Waals surface area contributed by atoms with E-state index in [0.29, 0.717) is 12.7 Å². The fourth-order valence-electron chi connectivity index (χ4n) is 2.69. The van der Waals surface area contributed by atoms with E-state index in [9.17, 15) is 26.4 Å². The number of halogens is 4. The van der Waals surface area contributed by atoms with E-state index in [0.717, 1.165) is 25.0 Å². The number of amides is 1. The van der Waals surface area contributed by atoms with Gasteiger partial charge >= 0.3 is 6.18 Å². The largest absolute Gasteiger partial charge is 0.417 e. The number of nitrogens with one attached hydrogen (secondary N) is 2. The van der Waals surface area contributed by atoms with E-state index >= 15 is 0 Å². The molecule has 2 unspecified atom stereocenters. The van der Waals surface area contributed by atoms with E-state index in [1.807, 2.05) is 0 Å². The second kappa shape index (κ2) is 8.76. The summed E-state index contributed by atoms with van der Waals surface area (Å²) in [5.41, 5.74) is -1.24. The molecule has 0 aliphatic carbocycles. The number of alkyl halides is 3. The molecule has 1 saturated heterocycles. The van der Waals surface area contributed by atoms with Gasteiger partial charge in [-0.25, -0.2) is 13.1 Å². The van der Waals surface area contributed by atoms with Gasteiger partial charge in [0.05, 0.1) is 27.6 Å². The van der Waals surface area contributed by atoms with Gasteiger partial charge in [-0.1, -0.05) is 11.6 Å². The Bertz CT molecular complexity index is 780. The van der Waals surface area contributed by atoms with Crippen LogP contribution >= 0.6 is 11.6 Å². The lowest BCUT2D eigenvalue weighted by Gasteiger charge is -2.20. The topological polar surface area (TPSA) is 84.5 Å². The standard InChI is InChI=1S/C16H20ClF3N2O4S/c1-10(14-3-2-8-26-14)22-15(23)6-7-21-27(24,25)11-4-5-13(17)12(9-11)16(18,19)20/h4-5,9-10,14,21H,2-3,6-8H2,1H3,(H,22,23). The van der Waals surface area contributed by atoms with Gasteiger partial charge in [0.1, 0.15) is 0 Å². The van der Waals surface area contributed by atoms with E-state index in [1.165, 1.54) is 0 Å². The molecule has 1 amide bonds. The molecule has 1 aliphatic heterocycles. The Morgan fingerprint density at radius 1 is 1.41 bits per heavy atom. The average molecular weight is 429 g/mol. The van der Waals surface area contributed by atoms with Crippen molar-refractivity contribution in [2.75, 3.05) is 13.2 Å². The molecular weight excluding hydrogens is 409 g/mol. The van der Waals surface area contributed by atoms with Crippen molar-refractivity contribution in [2.45, 2.75) is 49.4 Å². The third kappa shape index (κ3) is 6.06. The molecule has 2 N–H and O–H groups in total. The zero-order valence-electron chi connectivity index (χ0n) is 14.5. The molecule has 1 fully saturated rings. The Kier molecular flexibility index (Phi) is 7.12. The fourth-order valence-corrected chi connectivity index (χ4v) is 3.97. The van der Waals surface area contributed by atoms with Crippen molar-refractivity contribution in [1.29, 1.82) is 0 Å². The van der Waals surface area contributed by atoms with Gasteiger partial charge in [-0.3, -0.25) is 4.79 Å². The first kappa shape index (κ1) is 21.9. The predicted molar refractivity (Wildman–Crippen MR) is 92.8 cm³/mol. The van der Waals surface area contributed by atoms with Gasteiger partial charge in [0.15, 0.2) is 0 Å². The third-order valence-electron chi connectivity index (χ3n) is 4.11. The second-order valence-corrected chi connectivity index (χ2v) is 8.37. The van der Waals surface area contributed by atoms with Gasteiger partial charge in [-0.2, -0.15) is 13.2 Å². The summed E-state index contributed by atoms with van der Waals surface area (Å²) in [7, 11) is -4.21. The van der Waals surface area contributed by atoms with E-state index in [1.54, 1.807) is 6.92 Å². The molecule has 27 heavy (non-hydrogen) atoms. The molecule has 152 valence electrons. The van der Waals surface area contributed by atoms with Gasteiger partial charge in [-0.15, -0.1) is 0 Å². The quantitative estimate of drug-likeness (QED) is 0.699. The minimum Gasteiger partial charge on any atom is -0.376 e. The number of ether oxygens (including phenoxy) is 1. The first-order valence-corrected chi connectivity index (χ1v) is 10.1. The molecule has 0 radical (unpaired) electrons. The van der Waals surface area contributed by atoms with Gasteiger partial charge in [-0.05, 0) is 38.0 Å². The number of hydrogen-bond donors (Lipinski definition) is 2. The number of carbonyl (C=O) groups excluding carboxylic acids is 1. The third-order valence-corrected chi connectivity index (χ3v) is 5.90. The summed E-state index contributed by atoms with van der Waals surface area (Å²) in [6.07, 6.45) is -3.24. The fraction of sp³-hybridized carbons (Fsp3) is 0.562. The van der Waals surface area contributed by atoms with Crippen LogP contribution in [0.15, 0.2) is 23.1 Å². The van der Waals surface area contributed by atoms with Crippen LogP contribution < -0.4 is 10.0 Å². The van der Waals surface area contributed by atoms with Gasteiger partial charge < -0.3 is 10.1 Å². The minimum atomic E-state index is -4.78. The summed E-state index contributed by atoms with van der Waals surface area (Å²) in [5.74, 6) is -0.382. The van der Waals surface area contributed by atoms with Crippen LogP contribution in [0.5, 0.6) is 0 Å². The molecule has 1 aromatic carbocycles. The molecule has 2 rings (SSSR count). The summed E-state index contributed by atoms with van der Waals surface area (Å²) in [6.45, 7) is 2.19. The maximum absolute atomic E-state index is 12.9. The van der Waals surface area contributed by atoms with Crippen LogP contribution in [0.1, 0.15) is 31.7 Å². The lowest BCUT2D eigenvalue weighted by Crippen LogP contribution is -2.42. The van der Waals surface area contributed by atoms with Crippen molar-refractivity contribution in [3.05, 3.63) is 28.8 Å². The van der Waals surface area contributed by atoms with Gasteiger partial charge in [0.2, 0.25) is 15.9 Å². The molecule has 2 atom stereocenters. The predicted octanol–water partition coefficient (Wildman–Crippen LogP) is 2.71. The van der Waals surface area contributed by atoms with E-state index < -0.39 is 31.7 Å². The Balaban J connectivity index is 1.92. The van der Waals surface area contributed by atoms with E-state index in [4.69, 9.17) is 16.3 Å². The number of sulfonamides is 1. The van der Waals surface area contributed by atoms with E-state index in [-0.39, 0.29) is 31.0 Å². The highest BCUT2D eigenvalue weighted by Crippen LogP contribution is 2.35. The van der Waals surface area contributed by atoms with Crippen LogP contribution in [0.4, 0.5) is 13.2 Å². The van der Waals surface area contributed by atoms with Crippen molar-refractivity contribution in [3.63, 3.8) is 0 Å². The highest BCUT2D eigenvalue weighted by molar-refractivity contribution is 7.89. The maximum atomic E-state index is 12.9. The lowest BCUT2D eigenvalue weighted by molar-refractivity contribution is -0.137. The zero-order chi connectivity index (χ0) is 20.2. The van der Waals surface area contributed by atoms with Crippen molar-refractivity contribution in [3.8, 4) is 0 Å². The molecule has 0 bridgehead atoms. The number of benzene rings is 1. The number of hydrogen-bond acceptors (Lipinski definition) is 4. The summed E-state index contributed by atoms with van der Waals surface area (Å²) >= 11 is 5.48. The van der Waals surface area contributed by atoms with Crippen molar-refractivity contribution >= 4 is 27.5 Å². The Morgan fingerprint density at radius 3 is 2.70 bits per heavy atom. The van der Waals surface area contributed by atoms with Crippen LogP contribution in [0.3, 0.4) is 0 Å². The lowest BCUT2D eigenvalue weighted by atomic mass is 10.1. The maximum Gasteiger partial charge on any atom is 0.417 e. The Morgan fingerprint density at radius 2 is 2.11 bits per heavy atom. The van der Waals surface area contributed by atoms with Crippen molar-refractivity contribution in [1.82, 2.24) is 10.0 Å². The van der Waals surface area contributed by atoms with Crippen LogP contribution in [0.2, 0.25) is 5.02 Å². The first-order valence-electron chi connectivity index (χ1n) is 8.28. The summed E-state index contributed by atoms with van der Waals surface area (Å²) in [6, 6.07) is 2.10. The summed E-state index contributed by atoms with van der Waals surface area (Å²) < 4.78 is 70.5. The minimum absolute atomic E-state index is 0.0690. The summed E-state index contributed by atoms with van der Waals surface area (Å²) in [5, 5.41) is 2.13. The number of carbonyl (C=O) groups is 1. The highest BCUT2D eigenvalue weighted by Gasteiger charge is 2.34. The molecule has 0 aromatic heterocycles.